The molecule has 0 amide bonds. The van der Waals surface area contributed by atoms with E-state index >= 15 is 0 Å². The summed E-state index contributed by atoms with van der Waals surface area (Å²) in [5, 5.41) is 3.13. The second kappa shape index (κ2) is 13.3. The number of rotatable bonds is 11. The van der Waals surface area contributed by atoms with E-state index in [9.17, 15) is 13.2 Å². The maximum atomic E-state index is 13.1. The molecular weight excluding hydrogens is 596 g/mol. The van der Waals surface area contributed by atoms with Gasteiger partial charge in [0.25, 0.3) is 0 Å². The molecular formula is C31H34F3N5S3. The molecule has 0 spiro atoms. The van der Waals surface area contributed by atoms with Crippen LogP contribution in [0.1, 0.15) is 60.5 Å². The first-order valence-electron chi connectivity index (χ1n) is 13.8. The summed E-state index contributed by atoms with van der Waals surface area (Å²) in [6.07, 6.45) is 8.31. The smallest absolute Gasteiger partial charge is 0.367 e. The van der Waals surface area contributed by atoms with E-state index in [0.717, 1.165) is 52.7 Å². The minimum atomic E-state index is -4.26. The Bertz CT molecular complexity index is 1480. The summed E-state index contributed by atoms with van der Waals surface area (Å²) < 4.78 is 41.4. The largest absolute Gasteiger partial charge is 0.405 e. The maximum Gasteiger partial charge on any atom is 0.405 e. The number of fused-ring (bicyclic) bond motifs is 1. The van der Waals surface area contributed by atoms with E-state index in [1.807, 2.05) is 24.5 Å². The van der Waals surface area contributed by atoms with E-state index in [4.69, 9.17) is 9.97 Å². The summed E-state index contributed by atoms with van der Waals surface area (Å²) >= 11 is 5.02. The fourth-order valence-electron chi connectivity index (χ4n) is 5.13. The van der Waals surface area contributed by atoms with Crippen LogP contribution >= 0.6 is 35.0 Å². The summed E-state index contributed by atoms with van der Waals surface area (Å²) in [4.78, 5) is 17.1. The molecule has 0 radical (unpaired) electrons. The van der Waals surface area contributed by atoms with Gasteiger partial charge < -0.3 is 4.90 Å². The zero-order valence-corrected chi connectivity index (χ0v) is 26.3. The third-order valence-electron chi connectivity index (χ3n) is 7.40. The molecule has 5 rings (SSSR count). The molecule has 3 aromatic rings. The van der Waals surface area contributed by atoms with Crippen molar-refractivity contribution in [1.29, 1.82) is 0 Å². The van der Waals surface area contributed by atoms with Gasteiger partial charge >= 0.3 is 6.18 Å². The molecule has 0 N–H and O–H groups in total. The second-order valence-electron chi connectivity index (χ2n) is 10.6. The number of nitrogens with zero attached hydrogens (tertiary/aromatic N) is 5. The Balaban J connectivity index is 1.31. The lowest BCUT2D eigenvalue weighted by molar-refractivity contribution is -0.141. The number of thiazole rings is 1. The summed E-state index contributed by atoms with van der Waals surface area (Å²) in [5.41, 5.74) is 5.74. The van der Waals surface area contributed by atoms with Crippen molar-refractivity contribution >= 4 is 40.9 Å². The first-order valence-corrected chi connectivity index (χ1v) is 16.7. The van der Waals surface area contributed by atoms with Crippen LogP contribution in [0.3, 0.4) is 0 Å². The van der Waals surface area contributed by atoms with Crippen LogP contribution < -0.4 is 4.31 Å². The van der Waals surface area contributed by atoms with Gasteiger partial charge in [-0.2, -0.15) is 24.9 Å². The molecule has 222 valence electrons. The predicted molar refractivity (Wildman–Crippen MR) is 171 cm³/mol. The molecule has 2 aromatic heterocycles. The minimum Gasteiger partial charge on any atom is -0.367 e. The topological polar surface area (TPSA) is 45.2 Å². The Morgan fingerprint density at radius 2 is 2.02 bits per heavy atom. The molecule has 1 aliphatic heterocycles. The Labute approximate surface area is 258 Å². The van der Waals surface area contributed by atoms with Crippen LogP contribution in [0.5, 0.6) is 0 Å². The van der Waals surface area contributed by atoms with Gasteiger partial charge in [-0.25, -0.2) is 9.97 Å². The molecule has 42 heavy (non-hydrogen) atoms. The Morgan fingerprint density at radius 3 is 2.74 bits per heavy atom. The molecule has 11 heteroatoms. The van der Waals surface area contributed by atoms with Crippen LogP contribution in [0.25, 0.3) is 11.3 Å². The van der Waals surface area contributed by atoms with Gasteiger partial charge in [0.05, 0.1) is 17.3 Å². The number of thioether (sulfide) groups is 1. The second-order valence-corrected chi connectivity index (χ2v) is 13.7. The number of aromatic nitrogens is 3. The highest BCUT2D eigenvalue weighted by Gasteiger charge is 2.35. The van der Waals surface area contributed by atoms with Gasteiger partial charge in [0.1, 0.15) is 11.6 Å². The van der Waals surface area contributed by atoms with E-state index in [1.165, 1.54) is 15.4 Å². The first-order chi connectivity index (χ1) is 20.1. The summed E-state index contributed by atoms with van der Waals surface area (Å²) in [7, 11) is 0. The van der Waals surface area contributed by atoms with Crippen molar-refractivity contribution in [1.82, 2.24) is 19.9 Å². The molecule has 0 bridgehead atoms. The quantitative estimate of drug-likeness (QED) is 0.196. The normalized spacial score (nSPS) is 17.5. The number of allylic oxidation sites excluding steroid dienone is 5. The van der Waals surface area contributed by atoms with Gasteiger partial charge in [-0.05, 0) is 62.9 Å². The van der Waals surface area contributed by atoms with Gasteiger partial charge in [-0.15, -0.1) is 11.3 Å². The van der Waals surface area contributed by atoms with Crippen LogP contribution in [0.15, 0.2) is 76.9 Å². The Hall–Kier alpha value is -2.76. The van der Waals surface area contributed by atoms with E-state index in [-0.39, 0.29) is 17.7 Å². The van der Waals surface area contributed by atoms with Gasteiger partial charge in [0.15, 0.2) is 5.82 Å². The highest BCUT2D eigenvalue weighted by Crippen LogP contribution is 2.45. The molecule has 0 saturated heterocycles. The van der Waals surface area contributed by atoms with Crippen LogP contribution in [0.4, 0.5) is 19.0 Å². The molecule has 3 heterocycles. The van der Waals surface area contributed by atoms with Crippen LogP contribution in [-0.2, 0) is 0 Å². The molecule has 1 aliphatic carbocycles. The van der Waals surface area contributed by atoms with Gasteiger partial charge in [-0.3, -0.25) is 9.29 Å². The number of anilines is 1. The zero-order valence-electron chi connectivity index (χ0n) is 23.9. The van der Waals surface area contributed by atoms with Crippen molar-refractivity contribution < 1.29 is 13.2 Å². The van der Waals surface area contributed by atoms with Gasteiger partial charge in [0.2, 0.25) is 0 Å². The lowest BCUT2D eigenvalue weighted by atomic mass is 10.0. The first kappa shape index (κ1) is 30.7. The third-order valence-corrected chi connectivity index (χ3v) is 10.6. The summed E-state index contributed by atoms with van der Waals surface area (Å²) in [5.74, 6) is 0.931. The van der Waals surface area contributed by atoms with Crippen LogP contribution in [0.2, 0.25) is 0 Å². The standard InChI is InChI=1S/C31H34F3N5S3/c1-20(2)38(19-31(32,33)34)15-12-27(40-4)23-7-5-6-22(16-23)26-18-41-30(37-26)25-17-39(29-28(25)35-13-14-36-29)42-24-10-8-21(3)9-11-24/h5-8,10,13-14,16,18,25,27H,1,9,11-12,15,17,19H2,2-4H3. The average Bonchev–Trinajstić information content (AvgIpc) is 3.59. The highest BCUT2D eigenvalue weighted by molar-refractivity contribution is 8.04. The van der Waals surface area contributed by atoms with E-state index in [0.29, 0.717) is 12.1 Å². The van der Waals surface area contributed by atoms with Crippen LogP contribution in [0, 0.1) is 0 Å². The van der Waals surface area contributed by atoms with E-state index in [1.54, 1.807) is 54.4 Å². The fourth-order valence-corrected chi connectivity index (χ4v) is 7.87. The monoisotopic (exact) mass is 629 g/mol. The number of benzene rings is 1. The number of halogens is 3. The van der Waals surface area contributed by atoms with Crippen molar-refractivity contribution in [2.75, 3.05) is 30.2 Å². The molecule has 5 nitrogen and oxygen atoms in total. The van der Waals surface area contributed by atoms with Crippen molar-refractivity contribution in [3.63, 3.8) is 0 Å². The molecule has 2 unspecified atom stereocenters. The van der Waals surface area contributed by atoms with Crippen molar-refractivity contribution in [3.05, 3.63) is 93.2 Å². The highest BCUT2D eigenvalue weighted by atomic mass is 32.2. The van der Waals surface area contributed by atoms with Crippen molar-refractivity contribution in [2.24, 2.45) is 0 Å². The lowest BCUT2D eigenvalue weighted by Gasteiger charge is -2.27. The SMILES string of the molecule is C=C(C)N(CCC(SC)c1cccc(-c2csc(C3CN(SC4=CC=C(C)CC4)c4nccnc43)n2)c1)CC(F)(F)F. The van der Waals surface area contributed by atoms with Crippen molar-refractivity contribution in [2.45, 2.75) is 50.5 Å². The van der Waals surface area contributed by atoms with E-state index < -0.39 is 12.7 Å². The molecule has 0 fully saturated rings. The predicted octanol–water partition coefficient (Wildman–Crippen LogP) is 9.02. The fraction of sp³-hybridized carbons (Fsp3) is 0.387. The van der Waals surface area contributed by atoms with Crippen molar-refractivity contribution in [3.8, 4) is 11.3 Å². The lowest BCUT2D eigenvalue weighted by Crippen LogP contribution is -2.33. The Kier molecular flexibility index (Phi) is 9.69. The third kappa shape index (κ3) is 7.41. The summed E-state index contributed by atoms with van der Waals surface area (Å²) in [6.45, 7) is 7.59. The number of hydrogen-bond donors (Lipinski definition) is 0. The molecule has 2 atom stereocenters. The van der Waals surface area contributed by atoms with Gasteiger partial charge in [-0.1, -0.05) is 42.5 Å². The Morgan fingerprint density at radius 1 is 1.21 bits per heavy atom. The van der Waals surface area contributed by atoms with E-state index in [2.05, 4.69) is 46.4 Å². The summed E-state index contributed by atoms with van der Waals surface area (Å²) in [6, 6.07) is 8.20. The maximum absolute atomic E-state index is 13.1. The number of hydrogen-bond acceptors (Lipinski definition) is 8. The van der Waals surface area contributed by atoms with Crippen LogP contribution in [-0.4, -0.2) is 51.9 Å². The molecule has 2 aliphatic rings. The van der Waals surface area contributed by atoms with Gasteiger partial charge in [0, 0.05) is 52.3 Å². The zero-order chi connectivity index (χ0) is 29.9. The molecule has 1 aromatic carbocycles. The average molecular weight is 630 g/mol. The minimum absolute atomic E-state index is 0.0327. The molecule has 0 saturated carbocycles. The number of alkyl halides is 3.